The van der Waals surface area contributed by atoms with Crippen molar-refractivity contribution in [3.63, 3.8) is 0 Å². The molecule has 0 unspecified atom stereocenters. The Kier molecular flexibility index (Phi) is 7.15. The van der Waals surface area contributed by atoms with Crippen molar-refractivity contribution < 1.29 is 19.1 Å². The summed E-state index contributed by atoms with van der Waals surface area (Å²) in [4.78, 5) is 29.1. The highest BCUT2D eigenvalue weighted by atomic mass is 16.4. The zero-order valence-electron chi connectivity index (χ0n) is 18.6. The van der Waals surface area contributed by atoms with E-state index in [2.05, 4.69) is 23.7 Å². The van der Waals surface area contributed by atoms with Crippen LogP contribution < -0.4 is 5.32 Å². The highest BCUT2D eigenvalue weighted by molar-refractivity contribution is 5.99. The quantitative estimate of drug-likeness (QED) is 0.486. The number of hydrogen-bond donors (Lipinski definition) is 2. The molecule has 7 nitrogen and oxygen atoms in total. The summed E-state index contributed by atoms with van der Waals surface area (Å²) in [6.07, 6.45) is 6.32. The van der Waals surface area contributed by atoms with Gasteiger partial charge >= 0.3 is 5.97 Å². The fourth-order valence-electron chi connectivity index (χ4n) is 3.99. The van der Waals surface area contributed by atoms with Crippen LogP contribution in [0.5, 0.6) is 0 Å². The summed E-state index contributed by atoms with van der Waals surface area (Å²) in [6.45, 7) is 8.18. The van der Waals surface area contributed by atoms with E-state index in [9.17, 15) is 14.7 Å². The average Bonchev–Trinajstić information content (AvgIpc) is 3.36. The van der Waals surface area contributed by atoms with Crippen LogP contribution in [0, 0.1) is 5.92 Å². The van der Waals surface area contributed by atoms with Crippen LogP contribution in [0.1, 0.15) is 74.7 Å². The number of amides is 1. The predicted octanol–water partition coefficient (Wildman–Crippen LogP) is 4.81. The molecule has 2 heterocycles. The van der Waals surface area contributed by atoms with Gasteiger partial charge in [0.2, 0.25) is 0 Å². The Hall–Kier alpha value is -3.09. The van der Waals surface area contributed by atoms with Gasteiger partial charge in [-0.15, -0.1) is 0 Å². The van der Waals surface area contributed by atoms with Gasteiger partial charge in [0.25, 0.3) is 5.91 Å². The number of imidazole rings is 1. The molecule has 0 aliphatic rings. The van der Waals surface area contributed by atoms with Crippen LogP contribution in [0.2, 0.25) is 0 Å². The van der Waals surface area contributed by atoms with E-state index < -0.39 is 17.9 Å². The molecule has 7 heteroatoms. The minimum atomic E-state index is -1.02. The van der Waals surface area contributed by atoms with Gasteiger partial charge in [-0.3, -0.25) is 4.79 Å². The fourth-order valence-corrected chi connectivity index (χ4v) is 3.99. The summed E-state index contributed by atoms with van der Waals surface area (Å²) in [5.74, 6) is -0.345. The number of carbonyl (C=O) groups is 2. The second-order valence-electron chi connectivity index (χ2n) is 8.37. The van der Waals surface area contributed by atoms with Gasteiger partial charge in [-0.2, -0.15) is 0 Å². The predicted molar refractivity (Wildman–Crippen MR) is 119 cm³/mol. The van der Waals surface area contributed by atoms with E-state index in [1.807, 2.05) is 26.0 Å². The van der Waals surface area contributed by atoms with Crippen molar-refractivity contribution in [3.05, 3.63) is 53.7 Å². The maximum atomic E-state index is 12.8. The van der Waals surface area contributed by atoms with E-state index in [0.29, 0.717) is 24.4 Å². The van der Waals surface area contributed by atoms with E-state index in [1.165, 1.54) is 0 Å². The summed E-state index contributed by atoms with van der Waals surface area (Å²) >= 11 is 0. The lowest BCUT2D eigenvalue weighted by molar-refractivity contribution is -0.139. The van der Waals surface area contributed by atoms with Gasteiger partial charge in [0.15, 0.2) is 0 Å². The molecule has 3 rings (SSSR count). The molecule has 2 aromatic heterocycles. The van der Waals surface area contributed by atoms with Gasteiger partial charge < -0.3 is 19.4 Å². The summed E-state index contributed by atoms with van der Waals surface area (Å²) in [7, 11) is 0. The lowest BCUT2D eigenvalue weighted by atomic mass is 10.0. The first-order valence-electron chi connectivity index (χ1n) is 10.9. The number of carbonyl (C=O) groups excluding carboxylic acids is 1. The molecule has 0 aliphatic carbocycles. The van der Waals surface area contributed by atoms with Crippen molar-refractivity contribution in [3.8, 4) is 0 Å². The van der Waals surface area contributed by atoms with Crippen LogP contribution in [0.25, 0.3) is 11.0 Å². The van der Waals surface area contributed by atoms with Crippen molar-refractivity contribution in [2.45, 2.75) is 65.5 Å². The van der Waals surface area contributed by atoms with Crippen LogP contribution in [0.15, 0.2) is 41.2 Å². The number of nitrogens with zero attached hydrogens (tertiary/aromatic N) is 2. The summed E-state index contributed by atoms with van der Waals surface area (Å²) < 4.78 is 7.46. The van der Waals surface area contributed by atoms with Crippen LogP contribution in [0.3, 0.4) is 0 Å². The summed E-state index contributed by atoms with van der Waals surface area (Å²) in [5.41, 5.74) is 3.15. The summed E-state index contributed by atoms with van der Waals surface area (Å²) in [6, 6.07) is 6.71. The standard InChI is InChI=1S/C24H31N3O4/c1-5-18(6-2)27-21-8-7-17(23(28)26-20(24(29)30)11-15(3)4)13-19(21)25-22(27)12-16-9-10-31-14-16/h7-10,13-15,18,20H,5-6,11-12H2,1-4H3,(H,26,28)(H,29,30)/t20-/m0/s1. The molecule has 2 N–H and O–H groups in total. The first-order valence-corrected chi connectivity index (χ1v) is 10.9. The summed E-state index contributed by atoms with van der Waals surface area (Å²) in [5, 5.41) is 12.1. The lowest BCUT2D eigenvalue weighted by Crippen LogP contribution is -2.41. The van der Waals surface area contributed by atoms with Crippen molar-refractivity contribution in [2.75, 3.05) is 0 Å². The van der Waals surface area contributed by atoms with Crippen molar-refractivity contribution in [2.24, 2.45) is 5.92 Å². The zero-order valence-corrected chi connectivity index (χ0v) is 18.6. The molecule has 0 spiro atoms. The van der Waals surface area contributed by atoms with Crippen LogP contribution in [-0.4, -0.2) is 32.6 Å². The topological polar surface area (TPSA) is 97.4 Å². The molecule has 0 saturated heterocycles. The fraction of sp³-hybridized carbons (Fsp3) is 0.458. The number of carboxylic acid groups (broad SMARTS) is 1. The van der Waals surface area contributed by atoms with Crippen molar-refractivity contribution in [1.82, 2.24) is 14.9 Å². The van der Waals surface area contributed by atoms with Gasteiger partial charge in [0, 0.05) is 18.0 Å². The number of furan rings is 1. The van der Waals surface area contributed by atoms with Gasteiger partial charge in [0.05, 0.1) is 23.6 Å². The molecule has 1 aromatic carbocycles. The Morgan fingerprint density at radius 3 is 2.52 bits per heavy atom. The van der Waals surface area contributed by atoms with Crippen LogP contribution in [-0.2, 0) is 11.2 Å². The largest absolute Gasteiger partial charge is 0.480 e. The third-order valence-electron chi connectivity index (χ3n) is 5.59. The maximum absolute atomic E-state index is 12.8. The third kappa shape index (κ3) is 5.16. The number of benzene rings is 1. The third-order valence-corrected chi connectivity index (χ3v) is 5.59. The molecule has 3 aromatic rings. The Morgan fingerprint density at radius 1 is 1.19 bits per heavy atom. The molecule has 0 saturated carbocycles. The maximum Gasteiger partial charge on any atom is 0.326 e. The lowest BCUT2D eigenvalue weighted by Gasteiger charge is -2.19. The van der Waals surface area contributed by atoms with Gasteiger partial charge in [-0.1, -0.05) is 27.7 Å². The number of rotatable bonds is 10. The molecular weight excluding hydrogens is 394 g/mol. The van der Waals surface area contributed by atoms with Crippen molar-refractivity contribution >= 4 is 22.9 Å². The smallest absolute Gasteiger partial charge is 0.326 e. The molecule has 0 bridgehead atoms. The Balaban J connectivity index is 1.96. The van der Waals surface area contributed by atoms with Gasteiger partial charge in [-0.25, -0.2) is 9.78 Å². The second-order valence-corrected chi connectivity index (χ2v) is 8.37. The highest BCUT2D eigenvalue weighted by Gasteiger charge is 2.23. The highest BCUT2D eigenvalue weighted by Crippen LogP contribution is 2.28. The Labute approximate surface area is 182 Å². The second kappa shape index (κ2) is 9.81. The van der Waals surface area contributed by atoms with E-state index >= 15 is 0 Å². The molecule has 1 atom stereocenters. The van der Waals surface area contributed by atoms with E-state index in [-0.39, 0.29) is 5.92 Å². The van der Waals surface area contributed by atoms with Crippen molar-refractivity contribution in [1.29, 1.82) is 0 Å². The van der Waals surface area contributed by atoms with Gasteiger partial charge in [-0.05, 0) is 55.0 Å². The first kappa shape index (κ1) is 22.6. The minimum Gasteiger partial charge on any atom is -0.480 e. The molecule has 166 valence electrons. The normalized spacial score (nSPS) is 12.6. The van der Waals surface area contributed by atoms with Gasteiger partial charge in [0.1, 0.15) is 11.9 Å². The molecule has 0 aliphatic heterocycles. The molecule has 0 fully saturated rings. The molecular formula is C24H31N3O4. The monoisotopic (exact) mass is 425 g/mol. The SMILES string of the molecule is CCC(CC)n1c(Cc2ccoc2)nc2cc(C(=O)N[C@@H](CC(C)C)C(=O)O)ccc21. The average molecular weight is 426 g/mol. The first-order chi connectivity index (χ1) is 14.8. The molecule has 31 heavy (non-hydrogen) atoms. The number of carboxylic acids is 1. The Bertz CT molecular complexity index is 1030. The molecule has 1 amide bonds. The van der Waals surface area contributed by atoms with E-state index in [4.69, 9.17) is 9.40 Å². The van der Waals surface area contributed by atoms with Crippen LogP contribution >= 0.6 is 0 Å². The minimum absolute atomic E-state index is 0.157. The van der Waals surface area contributed by atoms with E-state index in [1.54, 1.807) is 24.7 Å². The Morgan fingerprint density at radius 2 is 1.94 bits per heavy atom. The van der Waals surface area contributed by atoms with E-state index in [0.717, 1.165) is 35.3 Å². The molecule has 0 radical (unpaired) electrons. The number of aromatic nitrogens is 2. The van der Waals surface area contributed by atoms with Crippen LogP contribution in [0.4, 0.5) is 0 Å². The number of fused-ring (bicyclic) bond motifs is 1. The number of hydrogen-bond acceptors (Lipinski definition) is 4. The zero-order chi connectivity index (χ0) is 22.5. The number of nitrogens with one attached hydrogen (secondary N) is 1. The number of aliphatic carboxylic acids is 1.